The summed E-state index contributed by atoms with van der Waals surface area (Å²) in [6.45, 7) is 13.7. The number of hydrogen-bond acceptors (Lipinski definition) is 3. The third-order valence-electron chi connectivity index (χ3n) is 3.89. The lowest BCUT2D eigenvalue weighted by Gasteiger charge is -2.25. The molecule has 5 heteroatoms. The first-order chi connectivity index (χ1) is 10.5. The molecule has 0 aliphatic rings. The van der Waals surface area contributed by atoms with Gasteiger partial charge in [0.05, 0.1) is 19.9 Å². The quantitative estimate of drug-likeness (QED) is 0.824. The average Bonchev–Trinajstić information content (AvgIpc) is 2.79. The number of aromatic nitrogens is 3. The lowest BCUT2D eigenvalue weighted by molar-refractivity contribution is 0.395. The van der Waals surface area contributed by atoms with Crippen molar-refractivity contribution < 1.29 is 4.74 Å². The second-order valence-electron chi connectivity index (χ2n) is 7.88. The molecule has 0 fully saturated rings. The van der Waals surface area contributed by atoms with E-state index >= 15 is 0 Å². The zero-order chi connectivity index (χ0) is 17.4. The van der Waals surface area contributed by atoms with E-state index in [-0.39, 0.29) is 10.8 Å². The van der Waals surface area contributed by atoms with Crippen LogP contribution in [0.5, 0.6) is 5.88 Å². The van der Waals surface area contributed by atoms with E-state index in [1.54, 1.807) is 7.11 Å². The molecule has 0 amide bonds. The summed E-state index contributed by atoms with van der Waals surface area (Å²) in [6, 6.07) is 1.99. The fourth-order valence-corrected chi connectivity index (χ4v) is 2.86. The highest BCUT2D eigenvalue weighted by atomic mass is 35.5. The van der Waals surface area contributed by atoms with Crippen LogP contribution in [-0.4, -0.2) is 21.6 Å². The molecule has 0 spiro atoms. The van der Waals surface area contributed by atoms with Crippen LogP contribution in [0.15, 0.2) is 18.5 Å². The van der Waals surface area contributed by atoms with Crippen molar-refractivity contribution in [3.05, 3.63) is 40.6 Å². The summed E-state index contributed by atoms with van der Waals surface area (Å²) in [5.41, 5.74) is 3.40. The van der Waals surface area contributed by atoms with Gasteiger partial charge in [0, 0.05) is 23.4 Å². The summed E-state index contributed by atoms with van der Waals surface area (Å²) < 4.78 is 7.36. The summed E-state index contributed by atoms with van der Waals surface area (Å²) in [4.78, 5) is 8.66. The van der Waals surface area contributed by atoms with Crippen LogP contribution in [0.1, 0.15) is 58.4 Å². The Kier molecular flexibility index (Phi) is 4.76. The van der Waals surface area contributed by atoms with E-state index in [1.165, 1.54) is 5.56 Å². The molecule has 23 heavy (non-hydrogen) atoms. The molecule has 2 aromatic rings. The molecule has 0 bridgehead atoms. The van der Waals surface area contributed by atoms with Crippen LogP contribution < -0.4 is 4.74 Å². The Bertz CT molecular complexity index is 693. The number of rotatable bonds is 3. The Balaban J connectivity index is 2.54. The lowest BCUT2D eigenvalue weighted by Crippen LogP contribution is -2.21. The fourth-order valence-electron chi connectivity index (χ4n) is 2.67. The molecule has 2 heterocycles. The molecule has 0 aliphatic heterocycles. The number of imidazole rings is 1. The maximum atomic E-state index is 6.35. The molecule has 0 saturated carbocycles. The van der Waals surface area contributed by atoms with Gasteiger partial charge in [-0.05, 0) is 28.1 Å². The third kappa shape index (κ3) is 3.86. The highest BCUT2D eigenvalue weighted by molar-refractivity contribution is 6.28. The fraction of sp³-hybridized carbons (Fsp3) is 0.556. The van der Waals surface area contributed by atoms with Gasteiger partial charge < -0.3 is 9.30 Å². The van der Waals surface area contributed by atoms with Gasteiger partial charge in [0.25, 0.3) is 0 Å². The predicted molar refractivity (Wildman–Crippen MR) is 94.5 cm³/mol. The van der Waals surface area contributed by atoms with Crippen molar-refractivity contribution in [3.8, 4) is 5.88 Å². The smallest absolute Gasteiger partial charge is 0.213 e. The predicted octanol–water partition coefficient (Wildman–Crippen LogP) is 4.58. The molecule has 2 rings (SSSR count). The zero-order valence-corrected chi connectivity index (χ0v) is 15.8. The SMILES string of the molecule is COc1cc(Cn2c(C(C)(C)C)cnc2Cl)c(C(C)(C)C)cn1. The van der Waals surface area contributed by atoms with Crippen molar-refractivity contribution in [1.29, 1.82) is 0 Å². The maximum Gasteiger partial charge on any atom is 0.213 e. The first-order valence-corrected chi connectivity index (χ1v) is 8.16. The topological polar surface area (TPSA) is 39.9 Å². The minimum Gasteiger partial charge on any atom is -0.481 e. The molecule has 0 N–H and O–H groups in total. The molecule has 4 nitrogen and oxygen atoms in total. The minimum atomic E-state index is -0.0286. The van der Waals surface area contributed by atoms with Crippen LogP contribution in [0, 0.1) is 0 Å². The van der Waals surface area contributed by atoms with E-state index in [0.29, 0.717) is 17.7 Å². The lowest BCUT2D eigenvalue weighted by atomic mass is 9.85. The van der Waals surface area contributed by atoms with Gasteiger partial charge in [0.15, 0.2) is 0 Å². The normalized spacial score (nSPS) is 12.5. The van der Waals surface area contributed by atoms with E-state index in [4.69, 9.17) is 16.3 Å². The van der Waals surface area contributed by atoms with Crippen LogP contribution in [0.25, 0.3) is 0 Å². The van der Waals surface area contributed by atoms with Gasteiger partial charge in [-0.15, -0.1) is 0 Å². The molecule has 0 unspecified atom stereocenters. The Labute approximate surface area is 143 Å². The summed E-state index contributed by atoms with van der Waals surface area (Å²) in [5.74, 6) is 0.613. The second kappa shape index (κ2) is 6.16. The Morgan fingerprint density at radius 1 is 1.04 bits per heavy atom. The van der Waals surface area contributed by atoms with Crippen LogP contribution in [0.3, 0.4) is 0 Å². The van der Waals surface area contributed by atoms with E-state index in [2.05, 4.69) is 56.1 Å². The van der Waals surface area contributed by atoms with Gasteiger partial charge in [-0.3, -0.25) is 0 Å². The molecular weight excluding hydrogens is 310 g/mol. The molecule has 0 radical (unpaired) electrons. The minimum absolute atomic E-state index is 0.0104. The van der Waals surface area contributed by atoms with Crippen molar-refractivity contribution in [3.63, 3.8) is 0 Å². The highest BCUT2D eigenvalue weighted by Crippen LogP contribution is 2.31. The molecule has 0 saturated heterocycles. The van der Waals surface area contributed by atoms with Gasteiger partial charge in [0.2, 0.25) is 11.2 Å². The molecule has 0 atom stereocenters. The summed E-state index contributed by atoms with van der Waals surface area (Å²) >= 11 is 6.35. The van der Waals surface area contributed by atoms with Crippen LogP contribution in [0.2, 0.25) is 5.28 Å². The number of methoxy groups -OCH3 is 1. The number of ether oxygens (including phenoxy) is 1. The van der Waals surface area contributed by atoms with Crippen molar-refractivity contribution in [1.82, 2.24) is 14.5 Å². The van der Waals surface area contributed by atoms with Crippen molar-refractivity contribution in [2.24, 2.45) is 0 Å². The first kappa shape index (κ1) is 17.8. The molecule has 2 aromatic heterocycles. The number of halogens is 1. The van der Waals surface area contributed by atoms with Gasteiger partial charge in [-0.2, -0.15) is 0 Å². The van der Waals surface area contributed by atoms with Crippen molar-refractivity contribution >= 4 is 11.6 Å². The number of hydrogen-bond donors (Lipinski definition) is 0. The van der Waals surface area contributed by atoms with Gasteiger partial charge in [0.1, 0.15) is 0 Å². The van der Waals surface area contributed by atoms with E-state index in [0.717, 1.165) is 11.3 Å². The van der Waals surface area contributed by atoms with Crippen LogP contribution in [-0.2, 0) is 17.4 Å². The largest absolute Gasteiger partial charge is 0.481 e. The Hall–Kier alpha value is -1.55. The zero-order valence-electron chi connectivity index (χ0n) is 15.1. The molecular formula is C18H26ClN3O. The summed E-state index contributed by atoms with van der Waals surface area (Å²) in [5, 5.41) is 0.505. The molecule has 0 aliphatic carbocycles. The standard InChI is InChI=1S/C18H26ClN3O/c1-17(2,3)13-9-20-15(23-7)8-12(13)11-22-14(18(4,5)6)10-21-16(22)19/h8-10H,11H2,1-7H3. The van der Waals surface area contributed by atoms with Gasteiger partial charge in [-0.25, -0.2) is 9.97 Å². The van der Waals surface area contributed by atoms with Crippen molar-refractivity contribution in [2.45, 2.75) is 58.9 Å². The summed E-state index contributed by atoms with van der Waals surface area (Å²) in [7, 11) is 1.63. The highest BCUT2D eigenvalue weighted by Gasteiger charge is 2.24. The Morgan fingerprint density at radius 3 is 2.22 bits per heavy atom. The van der Waals surface area contributed by atoms with Crippen LogP contribution in [0.4, 0.5) is 0 Å². The Morgan fingerprint density at radius 2 is 1.70 bits per heavy atom. The van der Waals surface area contributed by atoms with Gasteiger partial charge >= 0.3 is 0 Å². The van der Waals surface area contributed by atoms with E-state index < -0.39 is 0 Å². The van der Waals surface area contributed by atoms with Crippen LogP contribution >= 0.6 is 11.6 Å². The second-order valence-corrected chi connectivity index (χ2v) is 8.22. The maximum absolute atomic E-state index is 6.35. The average molecular weight is 336 g/mol. The molecule has 0 aromatic carbocycles. The van der Waals surface area contributed by atoms with E-state index in [9.17, 15) is 0 Å². The molecule has 126 valence electrons. The third-order valence-corrected chi connectivity index (χ3v) is 4.19. The van der Waals surface area contributed by atoms with Gasteiger partial charge in [-0.1, -0.05) is 41.5 Å². The van der Waals surface area contributed by atoms with Crippen molar-refractivity contribution in [2.75, 3.05) is 7.11 Å². The first-order valence-electron chi connectivity index (χ1n) is 7.79. The summed E-state index contributed by atoms with van der Waals surface area (Å²) in [6.07, 6.45) is 3.76. The number of nitrogens with zero attached hydrogens (tertiary/aromatic N) is 3. The van der Waals surface area contributed by atoms with E-state index in [1.807, 2.05) is 18.5 Å². The monoisotopic (exact) mass is 335 g/mol. The number of pyridine rings is 1.